The van der Waals surface area contributed by atoms with Gasteiger partial charge in [-0.2, -0.15) is 0 Å². The Morgan fingerprint density at radius 2 is 2.04 bits per heavy atom. The van der Waals surface area contributed by atoms with E-state index in [4.69, 9.17) is 4.98 Å². The van der Waals surface area contributed by atoms with Crippen LogP contribution in [0.3, 0.4) is 0 Å². The number of aryl methyl sites for hydroxylation is 1. The first-order valence-electron chi connectivity index (χ1n) is 8.61. The van der Waals surface area contributed by atoms with Gasteiger partial charge in [0.1, 0.15) is 5.82 Å². The van der Waals surface area contributed by atoms with Gasteiger partial charge in [-0.25, -0.2) is 4.98 Å². The molecule has 1 atom stereocenters. The fourth-order valence-electron chi connectivity index (χ4n) is 3.65. The molecule has 128 valence electrons. The Kier molecular flexibility index (Phi) is 4.25. The number of nitrogens with zero attached hydrogens (tertiary/aromatic N) is 3. The predicted molar refractivity (Wildman–Crippen MR) is 103 cm³/mol. The SMILES string of the molecule is CCn1c(C2CC(=O)N(c3cccc(SC)c3)C2)nc2ccccc21. The number of hydrogen-bond donors (Lipinski definition) is 0. The molecule has 1 unspecified atom stereocenters. The number of amides is 1. The van der Waals surface area contributed by atoms with Gasteiger partial charge in [0.25, 0.3) is 0 Å². The summed E-state index contributed by atoms with van der Waals surface area (Å²) < 4.78 is 2.25. The van der Waals surface area contributed by atoms with Gasteiger partial charge in [-0.15, -0.1) is 11.8 Å². The molecule has 0 saturated carbocycles. The van der Waals surface area contributed by atoms with Crippen LogP contribution < -0.4 is 4.90 Å². The van der Waals surface area contributed by atoms with Crippen molar-refractivity contribution in [2.75, 3.05) is 17.7 Å². The van der Waals surface area contributed by atoms with E-state index in [0.29, 0.717) is 13.0 Å². The largest absolute Gasteiger partial charge is 0.328 e. The second-order valence-electron chi connectivity index (χ2n) is 6.31. The fraction of sp³-hybridized carbons (Fsp3) is 0.300. The van der Waals surface area contributed by atoms with E-state index < -0.39 is 0 Å². The van der Waals surface area contributed by atoms with Crippen molar-refractivity contribution >= 4 is 34.4 Å². The van der Waals surface area contributed by atoms with Crippen molar-refractivity contribution in [1.82, 2.24) is 9.55 Å². The summed E-state index contributed by atoms with van der Waals surface area (Å²) in [4.78, 5) is 20.6. The molecule has 1 saturated heterocycles. The van der Waals surface area contributed by atoms with Crippen LogP contribution in [0.5, 0.6) is 0 Å². The molecular weight excluding hydrogens is 330 g/mol. The Morgan fingerprint density at radius 1 is 1.20 bits per heavy atom. The third kappa shape index (κ3) is 2.82. The monoisotopic (exact) mass is 351 g/mol. The number of benzene rings is 2. The molecule has 0 aliphatic carbocycles. The van der Waals surface area contributed by atoms with Gasteiger partial charge in [-0.1, -0.05) is 18.2 Å². The second-order valence-corrected chi connectivity index (χ2v) is 7.19. The van der Waals surface area contributed by atoms with Gasteiger partial charge in [0.15, 0.2) is 0 Å². The quantitative estimate of drug-likeness (QED) is 0.658. The van der Waals surface area contributed by atoms with Crippen LogP contribution in [0.25, 0.3) is 11.0 Å². The van der Waals surface area contributed by atoms with E-state index in [1.165, 1.54) is 4.90 Å². The van der Waals surface area contributed by atoms with Crippen molar-refractivity contribution in [3.8, 4) is 0 Å². The van der Waals surface area contributed by atoms with Gasteiger partial charge in [0, 0.05) is 36.0 Å². The Labute approximate surface area is 151 Å². The number of thioether (sulfide) groups is 1. The minimum absolute atomic E-state index is 0.137. The lowest BCUT2D eigenvalue weighted by molar-refractivity contribution is -0.117. The number of imidazole rings is 1. The molecule has 0 spiro atoms. The van der Waals surface area contributed by atoms with Crippen molar-refractivity contribution in [2.24, 2.45) is 0 Å². The van der Waals surface area contributed by atoms with Crippen LogP contribution in [0.2, 0.25) is 0 Å². The van der Waals surface area contributed by atoms with Crippen LogP contribution in [0.15, 0.2) is 53.4 Å². The summed E-state index contributed by atoms with van der Waals surface area (Å²) in [6.07, 6.45) is 2.57. The van der Waals surface area contributed by atoms with Crippen molar-refractivity contribution in [3.63, 3.8) is 0 Å². The third-order valence-electron chi connectivity index (χ3n) is 4.86. The number of fused-ring (bicyclic) bond motifs is 1. The average Bonchev–Trinajstić information content (AvgIpc) is 3.21. The van der Waals surface area contributed by atoms with Gasteiger partial charge >= 0.3 is 0 Å². The molecule has 2 aromatic carbocycles. The van der Waals surface area contributed by atoms with Gasteiger partial charge in [0.2, 0.25) is 5.91 Å². The van der Waals surface area contributed by atoms with Crippen LogP contribution in [-0.2, 0) is 11.3 Å². The highest BCUT2D eigenvalue weighted by Crippen LogP contribution is 2.34. The zero-order valence-corrected chi connectivity index (χ0v) is 15.3. The summed E-state index contributed by atoms with van der Waals surface area (Å²) >= 11 is 1.69. The van der Waals surface area contributed by atoms with Gasteiger partial charge in [-0.05, 0) is 43.5 Å². The molecule has 1 aliphatic rings. The second kappa shape index (κ2) is 6.56. The Hall–Kier alpha value is -2.27. The van der Waals surface area contributed by atoms with Crippen LogP contribution in [0.4, 0.5) is 5.69 Å². The van der Waals surface area contributed by atoms with Crippen LogP contribution in [0.1, 0.15) is 25.1 Å². The van der Waals surface area contributed by atoms with Crippen molar-refractivity contribution < 1.29 is 4.79 Å². The molecule has 1 fully saturated rings. The topological polar surface area (TPSA) is 38.1 Å². The first-order valence-corrected chi connectivity index (χ1v) is 9.83. The number of carbonyl (C=O) groups excluding carboxylic acids is 1. The van der Waals surface area contributed by atoms with Crippen molar-refractivity contribution in [2.45, 2.75) is 30.7 Å². The van der Waals surface area contributed by atoms with Crippen LogP contribution in [-0.4, -0.2) is 28.3 Å². The van der Waals surface area contributed by atoms with Crippen molar-refractivity contribution in [3.05, 3.63) is 54.4 Å². The van der Waals surface area contributed by atoms with E-state index in [0.717, 1.165) is 29.1 Å². The number of anilines is 1. The molecule has 4 nitrogen and oxygen atoms in total. The van der Waals surface area contributed by atoms with E-state index in [-0.39, 0.29) is 11.8 Å². The van der Waals surface area contributed by atoms with E-state index in [9.17, 15) is 4.79 Å². The third-order valence-corrected chi connectivity index (χ3v) is 5.58. The minimum atomic E-state index is 0.137. The number of rotatable bonds is 4. The van der Waals surface area contributed by atoms with Gasteiger partial charge in [-0.3, -0.25) is 4.79 Å². The normalized spacial score (nSPS) is 17.6. The number of carbonyl (C=O) groups is 1. The standard InChI is InChI=1S/C20H21N3OS/c1-3-22-18-10-5-4-9-17(18)21-20(22)14-11-19(24)23(13-14)15-7-6-8-16(12-15)25-2/h4-10,12,14H,3,11,13H2,1-2H3. The van der Waals surface area contributed by atoms with Gasteiger partial charge in [0.05, 0.1) is 11.0 Å². The molecule has 1 aliphatic heterocycles. The highest BCUT2D eigenvalue weighted by molar-refractivity contribution is 7.98. The molecule has 1 aromatic heterocycles. The highest BCUT2D eigenvalue weighted by Gasteiger charge is 2.34. The van der Waals surface area contributed by atoms with E-state index in [1.54, 1.807) is 11.8 Å². The van der Waals surface area contributed by atoms with Crippen LogP contribution in [0, 0.1) is 0 Å². The molecule has 0 radical (unpaired) electrons. The molecule has 3 aromatic rings. The summed E-state index contributed by atoms with van der Waals surface area (Å²) in [6.45, 7) is 3.69. The summed E-state index contributed by atoms with van der Waals surface area (Å²) in [7, 11) is 0. The lowest BCUT2D eigenvalue weighted by Gasteiger charge is -2.17. The molecule has 2 heterocycles. The average molecular weight is 351 g/mol. The molecule has 25 heavy (non-hydrogen) atoms. The maximum atomic E-state index is 12.7. The fourth-order valence-corrected chi connectivity index (χ4v) is 4.10. The first-order chi connectivity index (χ1) is 12.2. The molecular formula is C20H21N3OS. The minimum Gasteiger partial charge on any atom is -0.328 e. The maximum absolute atomic E-state index is 12.7. The first kappa shape index (κ1) is 16.2. The number of hydrogen-bond acceptors (Lipinski definition) is 3. The Morgan fingerprint density at radius 3 is 2.84 bits per heavy atom. The number of aromatic nitrogens is 2. The summed E-state index contributed by atoms with van der Waals surface area (Å²) in [6, 6.07) is 16.4. The lowest BCUT2D eigenvalue weighted by atomic mass is 10.1. The van der Waals surface area contributed by atoms with Crippen LogP contribution >= 0.6 is 11.8 Å². The zero-order valence-electron chi connectivity index (χ0n) is 14.5. The summed E-state index contributed by atoms with van der Waals surface area (Å²) in [5.74, 6) is 1.34. The predicted octanol–water partition coefficient (Wildman–Crippen LogP) is 4.30. The van der Waals surface area contributed by atoms with E-state index >= 15 is 0 Å². The van der Waals surface area contributed by atoms with Gasteiger partial charge < -0.3 is 9.47 Å². The van der Waals surface area contributed by atoms with E-state index in [2.05, 4.69) is 35.9 Å². The lowest BCUT2D eigenvalue weighted by Crippen LogP contribution is -2.24. The Balaban J connectivity index is 1.68. The molecule has 1 amide bonds. The molecule has 4 rings (SSSR count). The summed E-state index contributed by atoms with van der Waals surface area (Å²) in [5, 5.41) is 0. The number of para-hydroxylation sites is 2. The molecule has 5 heteroatoms. The zero-order chi connectivity index (χ0) is 17.4. The highest BCUT2D eigenvalue weighted by atomic mass is 32.2. The molecule has 0 N–H and O–H groups in total. The smallest absolute Gasteiger partial charge is 0.227 e. The molecule has 0 bridgehead atoms. The van der Waals surface area contributed by atoms with E-state index in [1.807, 2.05) is 35.2 Å². The maximum Gasteiger partial charge on any atom is 0.227 e. The Bertz CT molecular complexity index is 934. The van der Waals surface area contributed by atoms with Crippen molar-refractivity contribution in [1.29, 1.82) is 0 Å². The summed E-state index contributed by atoms with van der Waals surface area (Å²) in [5.41, 5.74) is 3.14.